The zero-order valence-corrected chi connectivity index (χ0v) is 11.7. The van der Waals surface area contributed by atoms with E-state index in [0.29, 0.717) is 23.5 Å². The molecule has 0 saturated carbocycles. The normalized spacial score (nSPS) is 10.2. The summed E-state index contributed by atoms with van der Waals surface area (Å²) in [5.41, 5.74) is 7.92. The van der Waals surface area contributed by atoms with E-state index in [2.05, 4.69) is 5.32 Å². The molecule has 1 aromatic heterocycles. The van der Waals surface area contributed by atoms with E-state index >= 15 is 0 Å². The van der Waals surface area contributed by atoms with Gasteiger partial charge in [-0.15, -0.1) is 11.3 Å². The molecule has 1 amide bonds. The number of methoxy groups -OCH3 is 1. The van der Waals surface area contributed by atoms with Crippen LogP contribution in [0.5, 0.6) is 5.75 Å². The lowest BCUT2D eigenvalue weighted by Gasteiger charge is -2.09. The van der Waals surface area contributed by atoms with E-state index < -0.39 is 0 Å². The summed E-state index contributed by atoms with van der Waals surface area (Å²) in [5, 5.41) is 4.90. The van der Waals surface area contributed by atoms with E-state index in [1.165, 1.54) is 12.7 Å². The SMILES string of the molecule is COc1cc(N)ccc1C(=O)NCc1sccc1C. The molecule has 0 aliphatic carbocycles. The molecule has 0 aliphatic rings. The topological polar surface area (TPSA) is 64.3 Å². The summed E-state index contributed by atoms with van der Waals surface area (Å²) >= 11 is 1.63. The van der Waals surface area contributed by atoms with Gasteiger partial charge in [-0.2, -0.15) is 0 Å². The zero-order valence-electron chi connectivity index (χ0n) is 10.9. The maximum absolute atomic E-state index is 12.1. The third kappa shape index (κ3) is 3.06. The van der Waals surface area contributed by atoms with Crippen LogP contribution in [0.15, 0.2) is 29.6 Å². The second kappa shape index (κ2) is 5.75. The highest BCUT2D eigenvalue weighted by Gasteiger charge is 2.12. The standard InChI is InChI=1S/C14H16N2O2S/c1-9-5-6-19-13(9)8-16-14(17)11-4-3-10(15)7-12(11)18-2/h3-7H,8,15H2,1-2H3,(H,16,17). The molecule has 1 aromatic carbocycles. The van der Waals surface area contributed by atoms with Crippen molar-refractivity contribution < 1.29 is 9.53 Å². The van der Waals surface area contributed by atoms with Crippen molar-refractivity contribution in [2.24, 2.45) is 0 Å². The molecular formula is C14H16N2O2S. The molecular weight excluding hydrogens is 260 g/mol. The van der Waals surface area contributed by atoms with Crippen LogP contribution < -0.4 is 15.8 Å². The summed E-state index contributed by atoms with van der Waals surface area (Å²) in [6.45, 7) is 2.55. The Morgan fingerprint density at radius 3 is 2.84 bits per heavy atom. The second-order valence-electron chi connectivity index (χ2n) is 4.17. The van der Waals surface area contributed by atoms with Gasteiger partial charge >= 0.3 is 0 Å². The minimum atomic E-state index is -0.162. The quantitative estimate of drug-likeness (QED) is 0.844. The van der Waals surface area contributed by atoms with Gasteiger partial charge in [0, 0.05) is 16.6 Å². The first-order chi connectivity index (χ1) is 9.11. The number of thiophene rings is 1. The van der Waals surface area contributed by atoms with E-state index in [4.69, 9.17) is 10.5 Å². The van der Waals surface area contributed by atoms with Crippen LogP contribution in [0.25, 0.3) is 0 Å². The van der Waals surface area contributed by atoms with Gasteiger partial charge in [0.15, 0.2) is 0 Å². The van der Waals surface area contributed by atoms with Gasteiger partial charge in [-0.3, -0.25) is 4.79 Å². The van der Waals surface area contributed by atoms with Crippen molar-refractivity contribution in [3.63, 3.8) is 0 Å². The van der Waals surface area contributed by atoms with Gasteiger partial charge in [0.2, 0.25) is 0 Å². The van der Waals surface area contributed by atoms with Crippen LogP contribution in [0, 0.1) is 6.92 Å². The van der Waals surface area contributed by atoms with Crippen molar-refractivity contribution in [3.8, 4) is 5.75 Å². The van der Waals surface area contributed by atoms with Gasteiger partial charge in [0.25, 0.3) is 5.91 Å². The maximum atomic E-state index is 12.1. The van der Waals surface area contributed by atoms with Crippen LogP contribution in [-0.4, -0.2) is 13.0 Å². The van der Waals surface area contributed by atoms with E-state index in [0.717, 1.165) is 4.88 Å². The van der Waals surface area contributed by atoms with Gasteiger partial charge in [-0.1, -0.05) is 0 Å². The molecule has 0 spiro atoms. The molecule has 0 fully saturated rings. The lowest BCUT2D eigenvalue weighted by atomic mass is 10.1. The zero-order chi connectivity index (χ0) is 13.8. The Morgan fingerprint density at radius 1 is 1.42 bits per heavy atom. The van der Waals surface area contributed by atoms with Gasteiger partial charge in [0.05, 0.1) is 19.2 Å². The van der Waals surface area contributed by atoms with Crippen molar-refractivity contribution in [2.45, 2.75) is 13.5 Å². The van der Waals surface area contributed by atoms with Gasteiger partial charge in [-0.05, 0) is 36.1 Å². The summed E-state index contributed by atoms with van der Waals surface area (Å²) in [5.74, 6) is 0.324. The highest BCUT2D eigenvalue weighted by atomic mass is 32.1. The smallest absolute Gasteiger partial charge is 0.255 e. The predicted octanol–water partition coefficient (Wildman–Crippen LogP) is 2.58. The molecule has 0 unspecified atom stereocenters. The Labute approximate surface area is 116 Å². The number of carbonyl (C=O) groups is 1. The fourth-order valence-electron chi connectivity index (χ4n) is 1.74. The Kier molecular flexibility index (Phi) is 4.06. The van der Waals surface area contributed by atoms with E-state index in [-0.39, 0.29) is 5.91 Å². The number of benzene rings is 1. The molecule has 5 heteroatoms. The molecule has 2 rings (SSSR count). The Bertz CT molecular complexity index is 593. The lowest BCUT2D eigenvalue weighted by Crippen LogP contribution is -2.23. The number of hydrogen-bond donors (Lipinski definition) is 2. The average Bonchev–Trinajstić information content (AvgIpc) is 2.81. The molecule has 4 nitrogen and oxygen atoms in total. The number of rotatable bonds is 4. The van der Waals surface area contributed by atoms with Gasteiger partial charge in [0.1, 0.15) is 5.75 Å². The Balaban J connectivity index is 2.10. The molecule has 0 bridgehead atoms. The fraction of sp³-hybridized carbons (Fsp3) is 0.214. The molecule has 100 valence electrons. The van der Waals surface area contributed by atoms with E-state index in [9.17, 15) is 4.79 Å². The summed E-state index contributed by atoms with van der Waals surface area (Å²) in [7, 11) is 1.52. The van der Waals surface area contributed by atoms with Crippen LogP contribution in [0.3, 0.4) is 0 Å². The van der Waals surface area contributed by atoms with Crippen molar-refractivity contribution >= 4 is 22.9 Å². The number of carbonyl (C=O) groups excluding carboxylic acids is 1. The molecule has 19 heavy (non-hydrogen) atoms. The largest absolute Gasteiger partial charge is 0.496 e. The molecule has 0 saturated heterocycles. The highest BCUT2D eigenvalue weighted by Crippen LogP contribution is 2.22. The lowest BCUT2D eigenvalue weighted by molar-refractivity contribution is 0.0948. The van der Waals surface area contributed by atoms with Crippen molar-refractivity contribution in [2.75, 3.05) is 12.8 Å². The predicted molar refractivity (Wildman–Crippen MR) is 77.6 cm³/mol. The first-order valence-electron chi connectivity index (χ1n) is 5.86. The number of nitrogen functional groups attached to an aromatic ring is 1. The number of nitrogens with two attached hydrogens (primary N) is 1. The Morgan fingerprint density at radius 2 is 2.21 bits per heavy atom. The van der Waals surface area contributed by atoms with Gasteiger partial charge < -0.3 is 15.8 Å². The summed E-state index contributed by atoms with van der Waals surface area (Å²) < 4.78 is 5.17. The monoisotopic (exact) mass is 276 g/mol. The van der Waals surface area contributed by atoms with Gasteiger partial charge in [-0.25, -0.2) is 0 Å². The number of ether oxygens (including phenoxy) is 1. The number of aryl methyl sites for hydroxylation is 1. The van der Waals surface area contributed by atoms with Crippen LogP contribution in [0.1, 0.15) is 20.8 Å². The van der Waals surface area contributed by atoms with Crippen molar-refractivity contribution in [3.05, 3.63) is 45.6 Å². The van der Waals surface area contributed by atoms with Crippen molar-refractivity contribution in [1.29, 1.82) is 0 Å². The number of nitrogens with one attached hydrogen (secondary N) is 1. The van der Waals surface area contributed by atoms with E-state index in [1.807, 2.05) is 18.4 Å². The first kappa shape index (κ1) is 13.4. The highest BCUT2D eigenvalue weighted by molar-refractivity contribution is 7.10. The minimum Gasteiger partial charge on any atom is -0.496 e. The molecule has 3 N–H and O–H groups in total. The second-order valence-corrected chi connectivity index (χ2v) is 5.17. The van der Waals surface area contributed by atoms with Crippen LogP contribution >= 0.6 is 11.3 Å². The third-order valence-corrected chi connectivity index (χ3v) is 3.87. The third-order valence-electron chi connectivity index (χ3n) is 2.85. The number of anilines is 1. The number of amides is 1. The first-order valence-corrected chi connectivity index (χ1v) is 6.74. The van der Waals surface area contributed by atoms with Crippen LogP contribution in [0.4, 0.5) is 5.69 Å². The fourth-order valence-corrected chi connectivity index (χ4v) is 2.58. The summed E-state index contributed by atoms with van der Waals surface area (Å²) in [6.07, 6.45) is 0. The van der Waals surface area contributed by atoms with E-state index in [1.54, 1.807) is 29.5 Å². The molecule has 0 atom stereocenters. The van der Waals surface area contributed by atoms with Crippen LogP contribution in [0.2, 0.25) is 0 Å². The summed E-state index contributed by atoms with van der Waals surface area (Å²) in [6, 6.07) is 7.04. The Hall–Kier alpha value is -2.01. The molecule has 2 aromatic rings. The number of hydrogen-bond acceptors (Lipinski definition) is 4. The average molecular weight is 276 g/mol. The van der Waals surface area contributed by atoms with Crippen molar-refractivity contribution in [1.82, 2.24) is 5.32 Å². The minimum absolute atomic E-state index is 0.162. The van der Waals surface area contributed by atoms with Crippen LogP contribution in [-0.2, 0) is 6.54 Å². The maximum Gasteiger partial charge on any atom is 0.255 e. The summed E-state index contributed by atoms with van der Waals surface area (Å²) in [4.78, 5) is 13.3. The molecule has 0 radical (unpaired) electrons. The molecule has 1 heterocycles. The molecule has 0 aliphatic heterocycles.